The van der Waals surface area contributed by atoms with Crippen molar-refractivity contribution in [1.29, 1.82) is 0 Å². The number of rotatable bonds is 6. The molecular formula is C22H21N5O3. The average Bonchev–Trinajstić information content (AvgIpc) is 3.36. The Bertz CT molecular complexity index is 1160. The van der Waals surface area contributed by atoms with E-state index in [2.05, 4.69) is 20.4 Å². The summed E-state index contributed by atoms with van der Waals surface area (Å²) in [5.74, 6) is -0.380. The van der Waals surface area contributed by atoms with Gasteiger partial charge in [-0.25, -0.2) is 9.78 Å². The number of hydrogen-bond donors (Lipinski definition) is 2. The number of fused-ring (bicyclic) bond motifs is 1. The van der Waals surface area contributed by atoms with Crippen LogP contribution in [0.2, 0.25) is 0 Å². The van der Waals surface area contributed by atoms with Crippen LogP contribution in [0.1, 0.15) is 16.3 Å². The van der Waals surface area contributed by atoms with Gasteiger partial charge >= 0.3 is 5.97 Å². The third kappa shape index (κ3) is 3.93. The van der Waals surface area contributed by atoms with Gasteiger partial charge in [0.1, 0.15) is 17.6 Å². The number of esters is 1. The van der Waals surface area contributed by atoms with Crippen molar-refractivity contribution in [3.05, 3.63) is 72.2 Å². The number of imidazole rings is 1. The summed E-state index contributed by atoms with van der Waals surface area (Å²) < 4.78 is 6.38. The molecule has 0 saturated heterocycles. The Hall–Kier alpha value is -3.94. The lowest BCUT2D eigenvalue weighted by Gasteiger charge is -2.15. The highest BCUT2D eigenvalue weighted by molar-refractivity contribution is 5.96. The van der Waals surface area contributed by atoms with E-state index < -0.39 is 17.9 Å². The fraction of sp³-hybridized carbons (Fsp3) is 0.182. The number of benzene rings is 2. The van der Waals surface area contributed by atoms with Gasteiger partial charge in [0.15, 0.2) is 0 Å². The van der Waals surface area contributed by atoms with Crippen molar-refractivity contribution in [3.63, 3.8) is 0 Å². The zero-order chi connectivity index (χ0) is 21.1. The van der Waals surface area contributed by atoms with E-state index in [4.69, 9.17) is 4.74 Å². The van der Waals surface area contributed by atoms with Crippen molar-refractivity contribution >= 4 is 22.9 Å². The Balaban J connectivity index is 1.55. The number of aromatic nitrogens is 4. The molecule has 4 aromatic rings. The molecule has 0 aliphatic carbocycles. The lowest BCUT2D eigenvalue weighted by molar-refractivity contribution is -0.142. The van der Waals surface area contributed by atoms with Gasteiger partial charge in [0, 0.05) is 19.0 Å². The normalized spacial score (nSPS) is 11.9. The number of carbonyl (C=O) groups is 2. The van der Waals surface area contributed by atoms with E-state index in [1.807, 2.05) is 54.6 Å². The highest BCUT2D eigenvalue weighted by atomic mass is 16.5. The maximum absolute atomic E-state index is 12.9. The van der Waals surface area contributed by atoms with Gasteiger partial charge in [0.05, 0.1) is 23.8 Å². The molecule has 4 rings (SSSR count). The van der Waals surface area contributed by atoms with Crippen LogP contribution in [-0.2, 0) is 23.0 Å². The predicted molar refractivity (Wildman–Crippen MR) is 112 cm³/mol. The third-order valence-corrected chi connectivity index (χ3v) is 4.81. The minimum absolute atomic E-state index is 0.177. The molecule has 1 atom stereocenters. The third-order valence-electron chi connectivity index (χ3n) is 4.81. The number of aryl methyl sites for hydroxylation is 1. The van der Waals surface area contributed by atoms with Crippen LogP contribution in [0.25, 0.3) is 22.3 Å². The summed E-state index contributed by atoms with van der Waals surface area (Å²) in [7, 11) is 2.98. The van der Waals surface area contributed by atoms with Crippen LogP contribution in [0, 0.1) is 0 Å². The van der Waals surface area contributed by atoms with E-state index in [0.717, 1.165) is 16.6 Å². The first-order valence-corrected chi connectivity index (χ1v) is 9.47. The number of nitrogens with zero attached hydrogens (tertiary/aromatic N) is 3. The van der Waals surface area contributed by atoms with Crippen molar-refractivity contribution in [1.82, 2.24) is 25.1 Å². The highest BCUT2D eigenvalue weighted by Crippen LogP contribution is 2.18. The minimum atomic E-state index is -0.891. The van der Waals surface area contributed by atoms with Crippen molar-refractivity contribution in [2.45, 2.75) is 12.5 Å². The zero-order valence-electron chi connectivity index (χ0n) is 16.6. The molecule has 0 fully saturated rings. The Kier molecular flexibility index (Phi) is 5.30. The standard InChI is InChI=1S/C22H21N5O3/c1-27-19(12-17(26-27)14-8-4-3-5-9-14)21(28)25-18(22(29)30-2)13-20-23-15-10-6-7-11-16(15)24-20/h3-12,18H,13H2,1-2H3,(H,23,24)(H,25,28)/t18-/m0/s1. The molecule has 0 bridgehead atoms. The molecule has 2 aromatic heterocycles. The second-order valence-electron chi connectivity index (χ2n) is 6.86. The molecule has 0 spiro atoms. The van der Waals surface area contributed by atoms with Crippen molar-refractivity contribution in [2.24, 2.45) is 7.05 Å². The van der Waals surface area contributed by atoms with Crippen LogP contribution in [-0.4, -0.2) is 44.8 Å². The summed E-state index contributed by atoms with van der Waals surface area (Å²) >= 11 is 0. The lowest BCUT2D eigenvalue weighted by Crippen LogP contribution is -2.43. The molecular weight excluding hydrogens is 382 g/mol. The van der Waals surface area contributed by atoms with Crippen molar-refractivity contribution < 1.29 is 14.3 Å². The number of aromatic amines is 1. The number of methoxy groups -OCH3 is 1. The SMILES string of the molecule is COC(=O)[C@H](Cc1nc2ccccc2[nH]1)NC(=O)c1cc(-c2ccccc2)nn1C. The number of carbonyl (C=O) groups excluding carboxylic acids is 2. The van der Waals surface area contributed by atoms with Gasteiger partial charge in [-0.1, -0.05) is 42.5 Å². The zero-order valence-corrected chi connectivity index (χ0v) is 16.6. The molecule has 0 radical (unpaired) electrons. The average molecular weight is 403 g/mol. The highest BCUT2D eigenvalue weighted by Gasteiger charge is 2.25. The molecule has 1 amide bonds. The second kappa shape index (κ2) is 8.20. The van der Waals surface area contributed by atoms with Crippen LogP contribution in [0.15, 0.2) is 60.7 Å². The van der Waals surface area contributed by atoms with Crippen molar-refractivity contribution in [2.75, 3.05) is 7.11 Å². The van der Waals surface area contributed by atoms with E-state index in [9.17, 15) is 9.59 Å². The lowest BCUT2D eigenvalue weighted by atomic mass is 10.1. The van der Waals surface area contributed by atoms with Gasteiger partial charge in [-0.15, -0.1) is 0 Å². The first-order valence-electron chi connectivity index (χ1n) is 9.47. The molecule has 30 heavy (non-hydrogen) atoms. The number of amides is 1. The van der Waals surface area contributed by atoms with Crippen molar-refractivity contribution in [3.8, 4) is 11.3 Å². The largest absolute Gasteiger partial charge is 0.467 e. The maximum Gasteiger partial charge on any atom is 0.328 e. The maximum atomic E-state index is 12.9. The van der Waals surface area contributed by atoms with Gasteiger partial charge in [-0.3, -0.25) is 9.48 Å². The van der Waals surface area contributed by atoms with E-state index >= 15 is 0 Å². The van der Waals surface area contributed by atoms with Gasteiger partial charge in [0.2, 0.25) is 0 Å². The monoisotopic (exact) mass is 403 g/mol. The van der Waals surface area contributed by atoms with E-state index in [1.54, 1.807) is 13.1 Å². The summed E-state index contributed by atoms with van der Waals surface area (Å²) in [4.78, 5) is 32.8. The molecule has 152 valence electrons. The Morgan fingerprint density at radius 1 is 1.13 bits per heavy atom. The smallest absolute Gasteiger partial charge is 0.328 e. The molecule has 2 N–H and O–H groups in total. The van der Waals surface area contributed by atoms with Gasteiger partial charge in [-0.2, -0.15) is 5.10 Å². The summed E-state index contributed by atoms with van der Waals surface area (Å²) in [5, 5.41) is 7.16. The summed E-state index contributed by atoms with van der Waals surface area (Å²) in [6.07, 6.45) is 0.177. The van der Waals surface area contributed by atoms with Crippen LogP contribution in [0.4, 0.5) is 0 Å². The molecule has 0 aliphatic rings. The summed E-state index contributed by atoms with van der Waals surface area (Å²) in [5.41, 5.74) is 3.57. The van der Waals surface area contributed by atoms with Crippen LogP contribution in [0.5, 0.6) is 0 Å². The molecule has 8 heteroatoms. The van der Waals surface area contributed by atoms with Gasteiger partial charge in [0.25, 0.3) is 5.91 Å². The molecule has 8 nitrogen and oxygen atoms in total. The fourth-order valence-electron chi connectivity index (χ4n) is 3.29. The Morgan fingerprint density at radius 2 is 1.87 bits per heavy atom. The number of para-hydroxylation sites is 2. The van der Waals surface area contributed by atoms with Gasteiger partial charge < -0.3 is 15.0 Å². The number of H-pyrrole nitrogens is 1. The molecule has 2 heterocycles. The minimum Gasteiger partial charge on any atom is -0.467 e. The first kappa shape index (κ1) is 19.4. The van der Waals surface area contributed by atoms with E-state index in [-0.39, 0.29) is 6.42 Å². The summed E-state index contributed by atoms with van der Waals surface area (Å²) in [6, 6.07) is 17.9. The Morgan fingerprint density at radius 3 is 2.60 bits per heavy atom. The van der Waals surface area contributed by atoms with Crippen LogP contribution in [0.3, 0.4) is 0 Å². The number of hydrogen-bond acceptors (Lipinski definition) is 5. The van der Waals surface area contributed by atoms with E-state index in [0.29, 0.717) is 17.2 Å². The fourth-order valence-corrected chi connectivity index (χ4v) is 3.29. The first-order chi connectivity index (χ1) is 14.5. The molecule has 0 saturated carbocycles. The van der Waals surface area contributed by atoms with E-state index in [1.165, 1.54) is 11.8 Å². The van der Waals surface area contributed by atoms with Gasteiger partial charge in [-0.05, 0) is 18.2 Å². The molecule has 0 unspecified atom stereocenters. The molecule has 0 aliphatic heterocycles. The topological polar surface area (TPSA) is 102 Å². The summed E-state index contributed by atoms with van der Waals surface area (Å²) in [6.45, 7) is 0. The van der Waals surface area contributed by atoms with Crippen LogP contribution < -0.4 is 5.32 Å². The van der Waals surface area contributed by atoms with Crippen LogP contribution >= 0.6 is 0 Å². The molecule has 2 aromatic carbocycles. The quantitative estimate of drug-likeness (QED) is 0.482. The Labute approximate surface area is 172 Å². The second-order valence-corrected chi connectivity index (χ2v) is 6.86. The number of nitrogens with one attached hydrogen (secondary N) is 2. The predicted octanol–water partition coefficient (Wildman–Crippen LogP) is 2.48. The number of ether oxygens (including phenoxy) is 1.